The molecule has 0 fully saturated rings. The lowest BCUT2D eigenvalue weighted by atomic mass is 10.1. The molecular formula is C24H17BrClFN2O3. The summed E-state index contributed by atoms with van der Waals surface area (Å²) in [5, 5.41) is 9.64. The van der Waals surface area contributed by atoms with Gasteiger partial charge in [-0.25, -0.2) is 9.18 Å². The largest absolute Gasteiger partial charge is 0.488 e. The van der Waals surface area contributed by atoms with Gasteiger partial charge in [0.1, 0.15) is 18.2 Å². The Bertz CT molecular complexity index is 1320. The number of carboxylic acids is 1. The summed E-state index contributed by atoms with van der Waals surface area (Å²) in [6.07, 6.45) is 2.92. The SMILES string of the molecule is Cc1ccc(-c2cc(Br)ccc2OCc2ccc(F)cc2Cl)n1-c1cncc(C(=O)O)c1. The summed E-state index contributed by atoms with van der Waals surface area (Å²) in [6.45, 7) is 2.08. The van der Waals surface area contributed by atoms with Crippen LogP contribution in [0.2, 0.25) is 5.02 Å². The second kappa shape index (κ2) is 9.14. The minimum absolute atomic E-state index is 0.0956. The van der Waals surface area contributed by atoms with Crippen LogP contribution >= 0.6 is 27.5 Å². The van der Waals surface area contributed by atoms with Crippen LogP contribution in [0.15, 0.2) is 71.5 Å². The molecule has 4 rings (SSSR count). The molecule has 0 atom stereocenters. The van der Waals surface area contributed by atoms with E-state index in [-0.39, 0.29) is 12.2 Å². The van der Waals surface area contributed by atoms with Crippen molar-refractivity contribution in [1.29, 1.82) is 0 Å². The molecule has 0 unspecified atom stereocenters. The van der Waals surface area contributed by atoms with Crippen molar-refractivity contribution in [2.45, 2.75) is 13.5 Å². The molecule has 4 aromatic rings. The van der Waals surface area contributed by atoms with Gasteiger partial charge >= 0.3 is 5.97 Å². The number of nitrogens with zero attached hydrogens (tertiary/aromatic N) is 2. The van der Waals surface area contributed by atoms with Crippen molar-refractivity contribution in [3.05, 3.63) is 99.1 Å². The topological polar surface area (TPSA) is 64.4 Å². The Morgan fingerprint density at radius 1 is 1.16 bits per heavy atom. The molecule has 2 heterocycles. The maximum Gasteiger partial charge on any atom is 0.337 e. The van der Waals surface area contributed by atoms with Crippen LogP contribution in [0.25, 0.3) is 16.9 Å². The number of rotatable bonds is 6. The van der Waals surface area contributed by atoms with E-state index in [1.165, 1.54) is 18.3 Å². The van der Waals surface area contributed by atoms with E-state index in [1.807, 2.05) is 41.8 Å². The molecule has 0 aliphatic carbocycles. The average Bonchev–Trinajstić information content (AvgIpc) is 3.15. The van der Waals surface area contributed by atoms with Crippen LogP contribution in [0, 0.1) is 12.7 Å². The van der Waals surface area contributed by atoms with Gasteiger partial charge in [-0.2, -0.15) is 0 Å². The highest BCUT2D eigenvalue weighted by molar-refractivity contribution is 9.10. The first-order valence-corrected chi connectivity index (χ1v) is 10.7. The summed E-state index contributed by atoms with van der Waals surface area (Å²) < 4.78 is 22.2. The second-order valence-electron chi connectivity index (χ2n) is 7.10. The number of carbonyl (C=O) groups is 1. The standard InChI is InChI=1S/C24H17BrClFN2O3/c1-14-2-6-22(29(14)19-8-16(24(30)31)11-28-12-19)20-9-17(25)4-7-23(20)32-13-15-3-5-18(27)10-21(15)26/h2-12H,13H2,1H3,(H,30,31). The molecule has 32 heavy (non-hydrogen) atoms. The molecule has 162 valence electrons. The highest BCUT2D eigenvalue weighted by atomic mass is 79.9. The summed E-state index contributed by atoms with van der Waals surface area (Å²) in [5.74, 6) is -0.864. The first kappa shape index (κ1) is 22.0. The number of aryl methyl sites for hydroxylation is 1. The summed E-state index contributed by atoms with van der Waals surface area (Å²) in [7, 11) is 0. The van der Waals surface area contributed by atoms with E-state index in [2.05, 4.69) is 20.9 Å². The lowest BCUT2D eigenvalue weighted by Gasteiger charge is -2.16. The van der Waals surface area contributed by atoms with Crippen LogP contribution in [0.5, 0.6) is 5.75 Å². The first-order valence-electron chi connectivity index (χ1n) is 9.57. The third kappa shape index (κ3) is 4.54. The fourth-order valence-electron chi connectivity index (χ4n) is 3.38. The molecular weight excluding hydrogens is 499 g/mol. The Hall–Kier alpha value is -3.16. The van der Waals surface area contributed by atoms with E-state index in [1.54, 1.807) is 18.3 Å². The van der Waals surface area contributed by atoms with Gasteiger partial charge in [0.15, 0.2) is 0 Å². The van der Waals surface area contributed by atoms with Crippen LogP contribution in [0.4, 0.5) is 4.39 Å². The van der Waals surface area contributed by atoms with Gasteiger partial charge in [0.25, 0.3) is 0 Å². The zero-order valence-electron chi connectivity index (χ0n) is 16.8. The second-order valence-corrected chi connectivity index (χ2v) is 8.42. The normalized spacial score (nSPS) is 10.9. The summed E-state index contributed by atoms with van der Waals surface area (Å²) in [4.78, 5) is 15.5. The van der Waals surface area contributed by atoms with Crippen LogP contribution in [0.1, 0.15) is 21.6 Å². The number of ether oxygens (including phenoxy) is 1. The molecule has 0 amide bonds. The van der Waals surface area contributed by atoms with E-state index < -0.39 is 11.8 Å². The maximum absolute atomic E-state index is 13.4. The highest BCUT2D eigenvalue weighted by Crippen LogP contribution is 2.36. The molecule has 0 aliphatic rings. The fraction of sp³-hybridized carbons (Fsp3) is 0.0833. The predicted octanol–water partition coefficient (Wildman–Crippen LogP) is 6.68. The van der Waals surface area contributed by atoms with E-state index in [9.17, 15) is 14.3 Å². The molecule has 0 radical (unpaired) electrons. The highest BCUT2D eigenvalue weighted by Gasteiger charge is 2.17. The van der Waals surface area contributed by atoms with Crippen molar-refractivity contribution in [2.24, 2.45) is 0 Å². The van der Waals surface area contributed by atoms with Crippen molar-refractivity contribution in [1.82, 2.24) is 9.55 Å². The molecule has 0 saturated heterocycles. The van der Waals surface area contributed by atoms with Crippen LogP contribution < -0.4 is 4.74 Å². The van der Waals surface area contributed by atoms with Gasteiger partial charge in [0.05, 0.1) is 28.2 Å². The molecule has 5 nitrogen and oxygen atoms in total. The Morgan fingerprint density at radius 2 is 1.97 bits per heavy atom. The number of benzene rings is 2. The maximum atomic E-state index is 13.4. The third-order valence-electron chi connectivity index (χ3n) is 4.92. The molecule has 2 aromatic carbocycles. The molecule has 1 N–H and O–H groups in total. The van der Waals surface area contributed by atoms with Crippen molar-refractivity contribution < 1.29 is 19.0 Å². The van der Waals surface area contributed by atoms with Gasteiger partial charge in [-0.15, -0.1) is 0 Å². The van der Waals surface area contributed by atoms with Crippen molar-refractivity contribution in [3.8, 4) is 22.7 Å². The number of aromatic carboxylic acids is 1. The van der Waals surface area contributed by atoms with Gasteiger partial charge in [-0.1, -0.05) is 33.6 Å². The number of pyridine rings is 1. The summed E-state index contributed by atoms with van der Waals surface area (Å²) in [5.41, 5.74) is 3.86. The molecule has 0 saturated carbocycles. The Kier molecular flexibility index (Phi) is 6.30. The summed E-state index contributed by atoms with van der Waals surface area (Å²) in [6, 6.07) is 15.2. The number of hydrogen-bond acceptors (Lipinski definition) is 3. The number of halogens is 3. The van der Waals surface area contributed by atoms with Crippen LogP contribution in [-0.2, 0) is 6.61 Å². The minimum atomic E-state index is -1.05. The molecule has 0 spiro atoms. The Balaban J connectivity index is 1.76. The number of aromatic nitrogens is 2. The lowest BCUT2D eigenvalue weighted by Crippen LogP contribution is -2.05. The minimum Gasteiger partial charge on any atom is -0.488 e. The number of carboxylic acid groups (broad SMARTS) is 1. The van der Waals surface area contributed by atoms with Crippen molar-refractivity contribution in [2.75, 3.05) is 0 Å². The Labute approximate surface area is 197 Å². The van der Waals surface area contributed by atoms with Gasteiger partial charge in [-0.3, -0.25) is 4.98 Å². The van der Waals surface area contributed by atoms with Gasteiger partial charge in [0, 0.05) is 27.5 Å². The van der Waals surface area contributed by atoms with Gasteiger partial charge in [0.2, 0.25) is 0 Å². The smallest absolute Gasteiger partial charge is 0.337 e. The quantitative estimate of drug-likeness (QED) is 0.311. The Morgan fingerprint density at radius 3 is 2.72 bits per heavy atom. The zero-order chi connectivity index (χ0) is 22.8. The van der Waals surface area contributed by atoms with Crippen LogP contribution in [0.3, 0.4) is 0 Å². The first-order chi connectivity index (χ1) is 15.3. The average molecular weight is 516 g/mol. The van der Waals surface area contributed by atoms with Crippen LogP contribution in [-0.4, -0.2) is 20.6 Å². The van der Waals surface area contributed by atoms with Gasteiger partial charge in [-0.05, 0) is 55.5 Å². The van der Waals surface area contributed by atoms with E-state index >= 15 is 0 Å². The monoisotopic (exact) mass is 514 g/mol. The molecule has 2 aromatic heterocycles. The molecule has 0 bridgehead atoms. The van der Waals surface area contributed by atoms with Gasteiger partial charge < -0.3 is 14.4 Å². The number of hydrogen-bond donors (Lipinski definition) is 1. The van der Waals surface area contributed by atoms with E-state index in [4.69, 9.17) is 16.3 Å². The fourth-order valence-corrected chi connectivity index (χ4v) is 3.96. The zero-order valence-corrected chi connectivity index (χ0v) is 19.2. The van der Waals surface area contributed by atoms with E-state index in [0.717, 1.165) is 21.4 Å². The molecule has 0 aliphatic heterocycles. The predicted molar refractivity (Wildman–Crippen MR) is 124 cm³/mol. The third-order valence-corrected chi connectivity index (χ3v) is 5.77. The van der Waals surface area contributed by atoms with Crippen molar-refractivity contribution >= 4 is 33.5 Å². The van der Waals surface area contributed by atoms with Crippen molar-refractivity contribution in [3.63, 3.8) is 0 Å². The lowest BCUT2D eigenvalue weighted by molar-refractivity contribution is 0.0696. The van der Waals surface area contributed by atoms with E-state index in [0.29, 0.717) is 22.0 Å². The molecule has 8 heteroatoms. The summed E-state index contributed by atoms with van der Waals surface area (Å²) >= 11 is 9.65.